The number of carbonyl (C=O) groups is 1. The molecule has 0 aliphatic carbocycles. The third kappa shape index (κ3) is 1.86. The summed E-state index contributed by atoms with van der Waals surface area (Å²) in [6.45, 7) is 1.55. The standard InChI is InChI=1S/C9H8ClFO3/c1-4-2-3-5(11)7(10)6(4)8(12)9(13)14/h2-3,8,12H,1H3,(H,13,14). The van der Waals surface area contributed by atoms with Gasteiger partial charge in [-0.1, -0.05) is 17.7 Å². The molecule has 1 rings (SSSR count). The van der Waals surface area contributed by atoms with E-state index in [1.165, 1.54) is 6.07 Å². The molecule has 2 N–H and O–H groups in total. The van der Waals surface area contributed by atoms with Crippen molar-refractivity contribution in [3.8, 4) is 0 Å². The van der Waals surface area contributed by atoms with Crippen molar-refractivity contribution < 1.29 is 19.4 Å². The van der Waals surface area contributed by atoms with Gasteiger partial charge in [0.15, 0.2) is 6.10 Å². The number of hydrogen-bond acceptors (Lipinski definition) is 2. The molecule has 0 bridgehead atoms. The second kappa shape index (κ2) is 3.94. The Balaban J connectivity index is 3.32. The van der Waals surface area contributed by atoms with Crippen LogP contribution in [0.3, 0.4) is 0 Å². The summed E-state index contributed by atoms with van der Waals surface area (Å²) in [6, 6.07) is 2.48. The third-order valence-corrected chi connectivity index (χ3v) is 2.24. The molecule has 1 atom stereocenters. The van der Waals surface area contributed by atoms with Gasteiger partial charge in [-0.25, -0.2) is 9.18 Å². The fourth-order valence-corrected chi connectivity index (χ4v) is 1.44. The van der Waals surface area contributed by atoms with Gasteiger partial charge < -0.3 is 10.2 Å². The van der Waals surface area contributed by atoms with Gasteiger partial charge in [0.1, 0.15) is 5.82 Å². The van der Waals surface area contributed by atoms with Crippen molar-refractivity contribution >= 4 is 17.6 Å². The molecule has 76 valence electrons. The van der Waals surface area contributed by atoms with E-state index in [1.807, 2.05) is 0 Å². The molecule has 14 heavy (non-hydrogen) atoms. The topological polar surface area (TPSA) is 57.5 Å². The normalized spacial score (nSPS) is 12.6. The molecule has 1 aromatic carbocycles. The number of benzene rings is 1. The quantitative estimate of drug-likeness (QED) is 0.797. The number of aliphatic hydroxyl groups excluding tert-OH is 1. The Labute approximate surface area is 84.7 Å². The molecule has 0 saturated heterocycles. The number of rotatable bonds is 2. The molecule has 0 aliphatic heterocycles. The molecule has 0 aromatic heterocycles. The predicted octanol–water partition coefficient (Wildman–Crippen LogP) is 1.91. The van der Waals surface area contributed by atoms with Gasteiger partial charge >= 0.3 is 5.97 Å². The second-order valence-corrected chi connectivity index (χ2v) is 3.21. The van der Waals surface area contributed by atoms with Crippen LogP contribution in [0.15, 0.2) is 12.1 Å². The Morgan fingerprint density at radius 2 is 2.14 bits per heavy atom. The average Bonchev–Trinajstić information content (AvgIpc) is 2.12. The third-order valence-electron chi connectivity index (χ3n) is 1.86. The van der Waals surface area contributed by atoms with Crippen LogP contribution in [0.2, 0.25) is 5.02 Å². The molecule has 1 aromatic rings. The van der Waals surface area contributed by atoms with Crippen LogP contribution in [-0.2, 0) is 4.79 Å². The summed E-state index contributed by atoms with van der Waals surface area (Å²) in [5.74, 6) is -2.20. The van der Waals surface area contributed by atoms with Crippen molar-refractivity contribution in [3.05, 3.63) is 34.1 Å². The lowest BCUT2D eigenvalue weighted by Crippen LogP contribution is -2.13. The maximum Gasteiger partial charge on any atom is 0.337 e. The molecule has 0 aliphatic rings. The summed E-state index contributed by atoms with van der Waals surface area (Å²) in [4.78, 5) is 10.5. The van der Waals surface area contributed by atoms with Gasteiger partial charge in [0.2, 0.25) is 0 Å². The van der Waals surface area contributed by atoms with Gasteiger partial charge in [0.25, 0.3) is 0 Å². The molecule has 0 saturated carbocycles. The Hall–Kier alpha value is -1.13. The smallest absolute Gasteiger partial charge is 0.337 e. The minimum Gasteiger partial charge on any atom is -0.479 e. The van der Waals surface area contributed by atoms with Crippen LogP contribution in [0.1, 0.15) is 17.2 Å². The first-order valence-corrected chi connectivity index (χ1v) is 4.18. The maximum absolute atomic E-state index is 12.9. The lowest BCUT2D eigenvalue weighted by atomic mass is 10.0. The fourth-order valence-electron chi connectivity index (χ4n) is 1.12. The largest absolute Gasteiger partial charge is 0.479 e. The summed E-state index contributed by atoms with van der Waals surface area (Å²) in [6.07, 6.45) is -1.79. The molecule has 0 amide bonds. The van der Waals surface area contributed by atoms with E-state index in [1.54, 1.807) is 6.92 Å². The summed E-state index contributed by atoms with van der Waals surface area (Å²) < 4.78 is 12.9. The summed E-state index contributed by atoms with van der Waals surface area (Å²) in [7, 11) is 0. The number of halogens is 2. The zero-order valence-electron chi connectivity index (χ0n) is 7.29. The van der Waals surface area contributed by atoms with E-state index in [9.17, 15) is 14.3 Å². The number of aliphatic hydroxyl groups is 1. The van der Waals surface area contributed by atoms with E-state index in [-0.39, 0.29) is 10.6 Å². The van der Waals surface area contributed by atoms with Crippen molar-refractivity contribution in [1.82, 2.24) is 0 Å². The van der Waals surface area contributed by atoms with Crippen molar-refractivity contribution in [2.45, 2.75) is 13.0 Å². The van der Waals surface area contributed by atoms with Crippen LogP contribution >= 0.6 is 11.6 Å². The van der Waals surface area contributed by atoms with Crippen LogP contribution < -0.4 is 0 Å². The number of carboxylic acid groups (broad SMARTS) is 1. The average molecular weight is 219 g/mol. The van der Waals surface area contributed by atoms with Gasteiger partial charge in [-0.3, -0.25) is 0 Å². The number of carboxylic acids is 1. The first-order chi connectivity index (χ1) is 6.45. The lowest BCUT2D eigenvalue weighted by molar-refractivity contribution is -0.147. The van der Waals surface area contributed by atoms with Crippen LogP contribution in [-0.4, -0.2) is 16.2 Å². The Bertz CT molecular complexity index is 379. The van der Waals surface area contributed by atoms with Gasteiger partial charge in [-0.2, -0.15) is 0 Å². The van der Waals surface area contributed by atoms with Crippen molar-refractivity contribution in [1.29, 1.82) is 0 Å². The molecular formula is C9H8ClFO3. The fraction of sp³-hybridized carbons (Fsp3) is 0.222. The van der Waals surface area contributed by atoms with Crippen LogP contribution in [0.5, 0.6) is 0 Å². The first kappa shape index (κ1) is 10.9. The Morgan fingerprint density at radius 1 is 1.57 bits per heavy atom. The van der Waals surface area contributed by atoms with E-state index >= 15 is 0 Å². The molecule has 0 radical (unpaired) electrons. The molecule has 0 spiro atoms. The van der Waals surface area contributed by atoms with Gasteiger partial charge in [-0.15, -0.1) is 0 Å². The molecule has 5 heteroatoms. The number of hydrogen-bond donors (Lipinski definition) is 2. The van der Waals surface area contributed by atoms with E-state index in [0.717, 1.165) is 6.07 Å². The molecular weight excluding hydrogens is 211 g/mol. The van der Waals surface area contributed by atoms with Crippen LogP contribution in [0.4, 0.5) is 4.39 Å². The summed E-state index contributed by atoms with van der Waals surface area (Å²) >= 11 is 5.54. The SMILES string of the molecule is Cc1ccc(F)c(Cl)c1C(O)C(=O)O. The first-order valence-electron chi connectivity index (χ1n) is 3.80. The van der Waals surface area contributed by atoms with Crippen LogP contribution in [0.25, 0.3) is 0 Å². The molecule has 0 heterocycles. The van der Waals surface area contributed by atoms with Crippen molar-refractivity contribution in [2.24, 2.45) is 0 Å². The highest BCUT2D eigenvalue weighted by Crippen LogP contribution is 2.28. The predicted molar refractivity (Wildman–Crippen MR) is 48.7 cm³/mol. The summed E-state index contributed by atoms with van der Waals surface area (Å²) in [5, 5.41) is 17.4. The van der Waals surface area contributed by atoms with E-state index < -0.39 is 17.9 Å². The Morgan fingerprint density at radius 3 is 2.64 bits per heavy atom. The molecule has 3 nitrogen and oxygen atoms in total. The van der Waals surface area contributed by atoms with E-state index in [0.29, 0.717) is 5.56 Å². The number of aliphatic carboxylic acids is 1. The maximum atomic E-state index is 12.9. The monoisotopic (exact) mass is 218 g/mol. The molecule has 0 fully saturated rings. The highest BCUT2D eigenvalue weighted by atomic mass is 35.5. The Kier molecular flexibility index (Phi) is 3.08. The number of aryl methyl sites for hydroxylation is 1. The highest BCUT2D eigenvalue weighted by Gasteiger charge is 2.22. The summed E-state index contributed by atoms with van der Waals surface area (Å²) in [5.41, 5.74) is 0.338. The molecule has 1 unspecified atom stereocenters. The van der Waals surface area contributed by atoms with E-state index in [2.05, 4.69) is 0 Å². The lowest BCUT2D eigenvalue weighted by Gasteiger charge is -2.11. The van der Waals surface area contributed by atoms with Crippen molar-refractivity contribution in [3.63, 3.8) is 0 Å². The minimum atomic E-state index is -1.79. The zero-order valence-corrected chi connectivity index (χ0v) is 8.05. The van der Waals surface area contributed by atoms with Gasteiger partial charge in [-0.05, 0) is 18.6 Å². The van der Waals surface area contributed by atoms with Gasteiger partial charge in [0.05, 0.1) is 5.02 Å². The highest BCUT2D eigenvalue weighted by molar-refractivity contribution is 6.31. The van der Waals surface area contributed by atoms with Gasteiger partial charge in [0, 0.05) is 5.56 Å². The zero-order chi connectivity index (χ0) is 10.9. The van der Waals surface area contributed by atoms with Crippen molar-refractivity contribution in [2.75, 3.05) is 0 Å². The minimum absolute atomic E-state index is 0.0980. The van der Waals surface area contributed by atoms with E-state index in [4.69, 9.17) is 16.7 Å². The second-order valence-electron chi connectivity index (χ2n) is 2.83. The van der Waals surface area contributed by atoms with Crippen LogP contribution in [0, 0.1) is 12.7 Å².